The van der Waals surface area contributed by atoms with Crippen LogP contribution in [-0.2, 0) is 6.42 Å². The highest BCUT2D eigenvalue weighted by molar-refractivity contribution is 5.97. The maximum atomic E-state index is 12.7. The van der Waals surface area contributed by atoms with Gasteiger partial charge in [-0.1, -0.05) is 36.1 Å². The van der Waals surface area contributed by atoms with Crippen LogP contribution in [0.1, 0.15) is 41.3 Å². The fourth-order valence-electron chi connectivity index (χ4n) is 3.40. The monoisotopic (exact) mass is 402 g/mol. The van der Waals surface area contributed by atoms with E-state index in [0.717, 1.165) is 30.0 Å². The van der Waals surface area contributed by atoms with Gasteiger partial charge in [-0.15, -0.1) is 0 Å². The molecule has 0 atom stereocenters. The van der Waals surface area contributed by atoms with Crippen LogP contribution in [0.3, 0.4) is 0 Å². The number of allylic oxidation sites excluding steroid dienone is 1. The van der Waals surface area contributed by atoms with Crippen LogP contribution in [0.2, 0.25) is 0 Å². The molecule has 1 saturated heterocycles. The van der Waals surface area contributed by atoms with Gasteiger partial charge in [-0.3, -0.25) is 9.69 Å². The van der Waals surface area contributed by atoms with Crippen LogP contribution in [-0.4, -0.2) is 43.5 Å². The Labute approximate surface area is 179 Å². The van der Waals surface area contributed by atoms with Crippen LogP contribution in [0.4, 0.5) is 0 Å². The summed E-state index contributed by atoms with van der Waals surface area (Å²) in [4.78, 5) is 15.1. The molecule has 30 heavy (non-hydrogen) atoms. The van der Waals surface area contributed by atoms with Gasteiger partial charge >= 0.3 is 0 Å². The minimum absolute atomic E-state index is 0.0875. The molecule has 0 saturated carbocycles. The van der Waals surface area contributed by atoms with Crippen molar-refractivity contribution in [1.82, 2.24) is 10.2 Å². The van der Waals surface area contributed by atoms with Gasteiger partial charge in [0, 0.05) is 42.9 Å². The van der Waals surface area contributed by atoms with Gasteiger partial charge in [0.05, 0.1) is 0 Å². The number of likely N-dealkylation sites (tertiary alicyclic amines) is 1. The molecule has 1 aliphatic heterocycles. The van der Waals surface area contributed by atoms with Gasteiger partial charge in [0.25, 0.3) is 0 Å². The van der Waals surface area contributed by atoms with E-state index < -0.39 is 0 Å². The van der Waals surface area contributed by atoms with Crippen LogP contribution in [0.5, 0.6) is 5.75 Å². The third-order valence-corrected chi connectivity index (χ3v) is 5.05. The summed E-state index contributed by atoms with van der Waals surface area (Å²) in [6.07, 6.45) is 6.55. The van der Waals surface area contributed by atoms with Crippen LogP contribution in [0, 0.1) is 11.8 Å². The first kappa shape index (κ1) is 21.7. The fourth-order valence-corrected chi connectivity index (χ4v) is 3.40. The van der Waals surface area contributed by atoms with Crippen molar-refractivity contribution in [2.45, 2.75) is 26.2 Å². The van der Waals surface area contributed by atoms with E-state index in [9.17, 15) is 4.79 Å². The Morgan fingerprint density at radius 1 is 1.17 bits per heavy atom. The zero-order chi connectivity index (χ0) is 21.0. The van der Waals surface area contributed by atoms with Crippen LogP contribution < -0.4 is 10.1 Å². The number of ether oxygens (including phenoxy) is 1. The Morgan fingerprint density at radius 3 is 2.73 bits per heavy atom. The van der Waals surface area contributed by atoms with Crippen molar-refractivity contribution < 1.29 is 9.53 Å². The number of hydrogen-bond acceptors (Lipinski definition) is 4. The first-order chi connectivity index (χ1) is 14.7. The van der Waals surface area contributed by atoms with E-state index in [0.29, 0.717) is 18.6 Å². The van der Waals surface area contributed by atoms with Gasteiger partial charge in [-0.2, -0.15) is 0 Å². The number of carbonyl (C=O) groups is 1. The molecule has 1 heterocycles. The Kier molecular flexibility index (Phi) is 8.56. The second kappa shape index (κ2) is 11.8. The highest BCUT2D eigenvalue weighted by atomic mass is 16.5. The minimum Gasteiger partial charge on any atom is -0.492 e. The summed E-state index contributed by atoms with van der Waals surface area (Å²) in [5.41, 5.74) is 2.50. The van der Waals surface area contributed by atoms with Gasteiger partial charge in [-0.25, -0.2) is 0 Å². The normalized spacial score (nSPS) is 13.8. The molecule has 0 radical (unpaired) electrons. The number of nitrogens with zero attached hydrogens (tertiary/aromatic N) is 1. The molecule has 4 nitrogen and oxygen atoms in total. The van der Waals surface area contributed by atoms with E-state index in [-0.39, 0.29) is 5.78 Å². The summed E-state index contributed by atoms with van der Waals surface area (Å²) < 4.78 is 5.84. The van der Waals surface area contributed by atoms with Gasteiger partial charge in [0.15, 0.2) is 5.78 Å². The molecule has 0 bridgehead atoms. The van der Waals surface area contributed by atoms with Crippen molar-refractivity contribution in [1.29, 1.82) is 0 Å². The number of hydrogen-bond donors (Lipinski definition) is 1. The number of benzene rings is 2. The molecule has 4 heteroatoms. The highest BCUT2D eigenvalue weighted by Crippen LogP contribution is 2.15. The molecule has 2 aromatic carbocycles. The minimum atomic E-state index is 0.0875. The molecule has 156 valence electrons. The largest absolute Gasteiger partial charge is 0.492 e. The van der Waals surface area contributed by atoms with Gasteiger partial charge in [0.2, 0.25) is 0 Å². The molecule has 0 aliphatic carbocycles. The predicted molar refractivity (Wildman–Crippen MR) is 122 cm³/mol. The summed E-state index contributed by atoms with van der Waals surface area (Å²) in [5, 5.41) is 3.07. The second-order valence-corrected chi connectivity index (χ2v) is 7.38. The van der Waals surface area contributed by atoms with E-state index >= 15 is 0 Å². The number of nitrogens with one attached hydrogen (secondary N) is 1. The Hall–Kier alpha value is -3.03. The summed E-state index contributed by atoms with van der Waals surface area (Å²) in [5.74, 6) is 6.98. The lowest BCUT2D eigenvalue weighted by Crippen LogP contribution is -2.25. The Bertz CT molecular complexity index is 901. The molecule has 1 fully saturated rings. The molecule has 3 rings (SSSR count). The third-order valence-electron chi connectivity index (χ3n) is 5.05. The average molecular weight is 403 g/mol. The Morgan fingerprint density at radius 2 is 1.97 bits per heavy atom. The summed E-state index contributed by atoms with van der Waals surface area (Å²) in [7, 11) is 0. The van der Waals surface area contributed by atoms with Gasteiger partial charge in [0.1, 0.15) is 12.4 Å². The molecule has 0 aromatic heterocycles. The molecule has 1 N–H and O–H groups in total. The van der Waals surface area contributed by atoms with Crippen molar-refractivity contribution in [2.75, 3.05) is 32.8 Å². The lowest BCUT2D eigenvalue weighted by atomic mass is 10.0. The third kappa shape index (κ3) is 7.09. The predicted octanol–water partition coefficient (Wildman–Crippen LogP) is 4.06. The zero-order valence-corrected chi connectivity index (χ0v) is 17.7. The van der Waals surface area contributed by atoms with Crippen LogP contribution in [0.25, 0.3) is 0 Å². The highest BCUT2D eigenvalue weighted by Gasteiger charge is 2.11. The summed E-state index contributed by atoms with van der Waals surface area (Å²) in [6, 6.07) is 15.3. The van der Waals surface area contributed by atoms with Crippen molar-refractivity contribution in [3.8, 4) is 17.6 Å². The quantitative estimate of drug-likeness (QED) is 0.507. The second-order valence-electron chi connectivity index (χ2n) is 7.38. The average Bonchev–Trinajstić information content (AvgIpc) is 3.29. The van der Waals surface area contributed by atoms with Crippen LogP contribution in [0.15, 0.2) is 60.8 Å². The maximum Gasteiger partial charge on any atom is 0.167 e. The maximum absolute atomic E-state index is 12.7. The molecular weight excluding hydrogens is 372 g/mol. The van der Waals surface area contributed by atoms with Crippen molar-refractivity contribution in [2.24, 2.45) is 0 Å². The first-order valence-electron chi connectivity index (χ1n) is 10.7. The summed E-state index contributed by atoms with van der Waals surface area (Å²) in [6.45, 7) is 6.95. The first-order valence-corrected chi connectivity index (χ1v) is 10.7. The van der Waals surface area contributed by atoms with Gasteiger partial charge in [-0.05, 0) is 62.7 Å². The molecule has 1 aliphatic rings. The molecule has 0 spiro atoms. The van der Waals surface area contributed by atoms with Crippen molar-refractivity contribution in [3.63, 3.8) is 0 Å². The van der Waals surface area contributed by atoms with E-state index in [1.807, 2.05) is 61.7 Å². The lowest BCUT2D eigenvalue weighted by Gasteiger charge is -2.15. The number of rotatable bonds is 9. The number of Topliss-reactive ketones (excluding diaryl/α,β-unsaturated/α-hetero) is 1. The van der Waals surface area contributed by atoms with E-state index in [1.165, 1.54) is 25.9 Å². The van der Waals surface area contributed by atoms with Crippen molar-refractivity contribution in [3.05, 3.63) is 77.5 Å². The van der Waals surface area contributed by atoms with Crippen LogP contribution >= 0.6 is 0 Å². The lowest BCUT2D eigenvalue weighted by molar-refractivity contribution is 0.0993. The van der Waals surface area contributed by atoms with E-state index in [1.54, 1.807) is 6.08 Å². The van der Waals surface area contributed by atoms with Gasteiger partial charge < -0.3 is 10.1 Å². The molecule has 0 unspecified atom stereocenters. The SMILES string of the molecule is CCN/C=C/C#Cc1cccc(C(=O)Cc2ccc(OCCN3CCCC3)cc2)c1. The number of ketones is 1. The molecule has 0 amide bonds. The zero-order valence-electron chi connectivity index (χ0n) is 17.7. The molecule has 2 aromatic rings. The smallest absolute Gasteiger partial charge is 0.167 e. The Balaban J connectivity index is 1.50. The van der Waals surface area contributed by atoms with E-state index in [4.69, 9.17) is 4.74 Å². The molecular formula is C26H30N2O2. The summed E-state index contributed by atoms with van der Waals surface area (Å²) >= 11 is 0. The fraction of sp³-hybridized carbons (Fsp3) is 0.346. The number of carbonyl (C=O) groups excluding carboxylic acids is 1. The van der Waals surface area contributed by atoms with Crippen molar-refractivity contribution >= 4 is 5.78 Å². The topological polar surface area (TPSA) is 41.6 Å². The standard InChI is InChI=1S/C26H30N2O2/c1-2-27-15-4-3-8-22-9-7-10-24(20-22)26(29)21-23-11-13-25(14-12-23)30-19-18-28-16-5-6-17-28/h4,7,9-15,20,27H,2,5-6,16-19,21H2,1H3/b15-4+. The van der Waals surface area contributed by atoms with E-state index in [2.05, 4.69) is 22.1 Å².